The van der Waals surface area contributed by atoms with Crippen molar-refractivity contribution in [3.63, 3.8) is 0 Å². The van der Waals surface area contributed by atoms with Gasteiger partial charge in [0.2, 0.25) is 5.88 Å². The zero-order valence-corrected chi connectivity index (χ0v) is 15.4. The maximum absolute atomic E-state index is 12.6. The van der Waals surface area contributed by atoms with Gasteiger partial charge in [-0.25, -0.2) is 4.98 Å². The molecule has 3 rings (SSSR count). The number of aliphatic hydroxyl groups excluding tert-OH is 1. The number of nitrogens with zero attached hydrogens (tertiary/aromatic N) is 2. The maximum Gasteiger partial charge on any atom is 0.417 e. The number of ether oxygens (including phenoxy) is 1. The van der Waals surface area contributed by atoms with Gasteiger partial charge in [-0.15, -0.1) is 0 Å². The predicted octanol–water partition coefficient (Wildman–Crippen LogP) is 4.06. The molecular weight excluding hydrogens is 413 g/mol. The molecule has 2 aromatic rings. The molecule has 2 heterocycles. The van der Waals surface area contributed by atoms with Crippen molar-refractivity contribution in [2.24, 2.45) is 0 Å². The van der Waals surface area contributed by atoms with Gasteiger partial charge in [-0.05, 0) is 36.2 Å². The molecule has 1 aromatic carbocycles. The van der Waals surface area contributed by atoms with Gasteiger partial charge in [0.1, 0.15) is 6.10 Å². The highest BCUT2D eigenvalue weighted by atomic mass is 79.9. The third-order valence-electron chi connectivity index (χ3n) is 4.26. The van der Waals surface area contributed by atoms with Crippen LogP contribution in [0.1, 0.15) is 17.5 Å². The van der Waals surface area contributed by atoms with E-state index in [1.165, 1.54) is 6.07 Å². The summed E-state index contributed by atoms with van der Waals surface area (Å²) in [7, 11) is 0. The van der Waals surface area contributed by atoms with Crippen molar-refractivity contribution < 1.29 is 23.0 Å². The summed E-state index contributed by atoms with van der Waals surface area (Å²) in [5.41, 5.74) is 1.28. The van der Waals surface area contributed by atoms with Gasteiger partial charge in [0.15, 0.2) is 0 Å². The standard InChI is InChI=1S/C18H18BrF3N2O2/c19-14-2-3-16(12(9-14)6-8-25)24-7-5-15(11-24)26-17-4-1-13(10-23-17)18(20,21)22/h1-4,9-10,15,25H,5-8,11H2. The number of aliphatic hydroxyl groups is 1. The Morgan fingerprint density at radius 1 is 1.27 bits per heavy atom. The zero-order valence-electron chi connectivity index (χ0n) is 13.8. The van der Waals surface area contributed by atoms with Gasteiger partial charge >= 0.3 is 6.18 Å². The molecule has 0 saturated carbocycles. The highest BCUT2D eigenvalue weighted by Crippen LogP contribution is 2.31. The number of rotatable bonds is 5. The first kappa shape index (κ1) is 19.0. The van der Waals surface area contributed by atoms with E-state index in [9.17, 15) is 18.3 Å². The van der Waals surface area contributed by atoms with Crippen LogP contribution in [0.25, 0.3) is 0 Å². The second-order valence-electron chi connectivity index (χ2n) is 6.10. The Morgan fingerprint density at radius 2 is 2.08 bits per heavy atom. The molecule has 1 aromatic heterocycles. The Kier molecular flexibility index (Phi) is 5.72. The number of alkyl halides is 3. The lowest BCUT2D eigenvalue weighted by Crippen LogP contribution is -2.25. The molecule has 1 fully saturated rings. The number of hydrogen-bond acceptors (Lipinski definition) is 4. The first-order valence-corrected chi connectivity index (χ1v) is 9.00. The minimum Gasteiger partial charge on any atom is -0.472 e. The van der Waals surface area contributed by atoms with Crippen molar-refractivity contribution in [3.05, 3.63) is 52.1 Å². The SMILES string of the molecule is OCCc1cc(Br)ccc1N1CCC(Oc2ccc(C(F)(F)F)cn2)C1. The first-order valence-electron chi connectivity index (χ1n) is 8.21. The highest BCUT2D eigenvalue weighted by molar-refractivity contribution is 9.10. The van der Waals surface area contributed by atoms with E-state index in [0.717, 1.165) is 41.0 Å². The van der Waals surface area contributed by atoms with Gasteiger partial charge in [0.25, 0.3) is 0 Å². The number of halogens is 4. The Bertz CT molecular complexity index is 753. The molecule has 140 valence electrons. The van der Waals surface area contributed by atoms with Gasteiger partial charge < -0.3 is 14.7 Å². The summed E-state index contributed by atoms with van der Waals surface area (Å²) in [6.07, 6.45) is -2.46. The van der Waals surface area contributed by atoms with Gasteiger partial charge in [-0.1, -0.05) is 15.9 Å². The Balaban J connectivity index is 1.66. The molecule has 0 spiro atoms. The van der Waals surface area contributed by atoms with Crippen molar-refractivity contribution in [2.75, 3.05) is 24.6 Å². The summed E-state index contributed by atoms with van der Waals surface area (Å²) in [5.74, 6) is 0.191. The molecule has 26 heavy (non-hydrogen) atoms. The molecule has 1 atom stereocenters. The third kappa shape index (κ3) is 4.48. The minimum atomic E-state index is -4.40. The van der Waals surface area contributed by atoms with Crippen LogP contribution in [0, 0.1) is 0 Å². The van der Waals surface area contributed by atoms with E-state index in [-0.39, 0.29) is 18.6 Å². The van der Waals surface area contributed by atoms with Crippen LogP contribution in [-0.4, -0.2) is 35.9 Å². The van der Waals surface area contributed by atoms with Gasteiger partial charge in [-0.3, -0.25) is 0 Å². The fraction of sp³-hybridized carbons (Fsp3) is 0.389. The maximum atomic E-state index is 12.6. The minimum absolute atomic E-state index is 0.0622. The molecule has 1 aliphatic heterocycles. The highest BCUT2D eigenvalue weighted by Gasteiger charge is 2.31. The number of hydrogen-bond donors (Lipinski definition) is 1. The Hall–Kier alpha value is -1.80. The van der Waals surface area contributed by atoms with Crippen LogP contribution < -0.4 is 9.64 Å². The van der Waals surface area contributed by atoms with Crippen molar-refractivity contribution in [2.45, 2.75) is 25.1 Å². The van der Waals surface area contributed by atoms with Crippen LogP contribution in [-0.2, 0) is 12.6 Å². The van der Waals surface area contributed by atoms with Crippen molar-refractivity contribution >= 4 is 21.6 Å². The molecule has 4 nitrogen and oxygen atoms in total. The molecule has 0 bridgehead atoms. The van der Waals surface area contributed by atoms with E-state index >= 15 is 0 Å². The van der Waals surface area contributed by atoms with Crippen LogP contribution in [0.5, 0.6) is 5.88 Å². The normalized spacial score (nSPS) is 17.6. The summed E-state index contributed by atoms with van der Waals surface area (Å²) >= 11 is 3.44. The fourth-order valence-electron chi connectivity index (χ4n) is 3.01. The first-order chi connectivity index (χ1) is 12.4. The number of pyridine rings is 1. The van der Waals surface area contributed by atoms with Crippen LogP contribution >= 0.6 is 15.9 Å². The summed E-state index contributed by atoms with van der Waals surface area (Å²) in [6, 6.07) is 8.15. The molecule has 0 aliphatic carbocycles. The Morgan fingerprint density at radius 3 is 2.73 bits per heavy atom. The number of benzene rings is 1. The quantitative estimate of drug-likeness (QED) is 0.776. The van der Waals surface area contributed by atoms with E-state index in [4.69, 9.17) is 4.74 Å². The molecule has 1 aliphatic rings. The van der Waals surface area contributed by atoms with Crippen LogP contribution in [0.3, 0.4) is 0 Å². The van der Waals surface area contributed by atoms with Crippen molar-refractivity contribution in [1.29, 1.82) is 0 Å². The van der Waals surface area contributed by atoms with E-state index in [1.807, 2.05) is 18.2 Å². The smallest absolute Gasteiger partial charge is 0.417 e. The number of anilines is 1. The zero-order chi connectivity index (χ0) is 18.7. The second-order valence-corrected chi connectivity index (χ2v) is 7.02. The van der Waals surface area contributed by atoms with Crippen LogP contribution in [0.15, 0.2) is 41.0 Å². The molecule has 8 heteroatoms. The molecular formula is C18H18BrF3N2O2. The molecule has 1 N–H and O–H groups in total. The summed E-state index contributed by atoms with van der Waals surface area (Å²) in [5, 5.41) is 9.26. The van der Waals surface area contributed by atoms with Crippen molar-refractivity contribution in [3.8, 4) is 5.88 Å². The van der Waals surface area contributed by atoms with Gasteiger partial charge in [-0.2, -0.15) is 13.2 Å². The lowest BCUT2D eigenvalue weighted by Gasteiger charge is -2.22. The summed E-state index contributed by atoms with van der Waals surface area (Å²) in [4.78, 5) is 5.92. The van der Waals surface area contributed by atoms with Gasteiger partial charge in [0.05, 0.1) is 12.1 Å². The molecule has 1 saturated heterocycles. The Labute approximate surface area is 157 Å². The molecule has 1 unspecified atom stereocenters. The van der Waals surface area contributed by atoms with E-state index in [1.54, 1.807) is 0 Å². The van der Waals surface area contributed by atoms with E-state index in [0.29, 0.717) is 13.0 Å². The van der Waals surface area contributed by atoms with Crippen molar-refractivity contribution in [1.82, 2.24) is 4.98 Å². The largest absolute Gasteiger partial charge is 0.472 e. The monoisotopic (exact) mass is 430 g/mol. The number of aromatic nitrogens is 1. The van der Waals surface area contributed by atoms with Crippen LogP contribution in [0.2, 0.25) is 0 Å². The van der Waals surface area contributed by atoms with Gasteiger partial charge in [0, 0.05) is 42.0 Å². The lowest BCUT2D eigenvalue weighted by atomic mass is 10.1. The van der Waals surface area contributed by atoms with E-state index in [2.05, 4.69) is 25.8 Å². The molecule has 0 amide bonds. The fourth-order valence-corrected chi connectivity index (χ4v) is 3.42. The average molecular weight is 431 g/mol. The average Bonchev–Trinajstić information content (AvgIpc) is 3.03. The second kappa shape index (κ2) is 7.84. The topological polar surface area (TPSA) is 45.6 Å². The van der Waals surface area contributed by atoms with E-state index < -0.39 is 11.7 Å². The summed E-state index contributed by atoms with van der Waals surface area (Å²) in [6.45, 7) is 1.45. The predicted molar refractivity (Wildman–Crippen MR) is 95.4 cm³/mol. The third-order valence-corrected chi connectivity index (χ3v) is 4.75. The summed E-state index contributed by atoms with van der Waals surface area (Å²) < 4.78 is 44.4. The lowest BCUT2D eigenvalue weighted by molar-refractivity contribution is -0.137. The molecule has 0 radical (unpaired) electrons. The van der Waals surface area contributed by atoms with Crippen LogP contribution in [0.4, 0.5) is 18.9 Å².